The number of nitrogen functional groups attached to an aromatic ring is 1. The summed E-state index contributed by atoms with van der Waals surface area (Å²) in [5.41, 5.74) is 7.23. The van der Waals surface area contributed by atoms with E-state index in [0.717, 1.165) is 11.3 Å². The lowest BCUT2D eigenvalue weighted by molar-refractivity contribution is 0.0696. The highest BCUT2D eigenvalue weighted by atomic mass is 16.5. The molecule has 1 unspecified atom stereocenters. The van der Waals surface area contributed by atoms with Gasteiger partial charge in [0, 0.05) is 6.20 Å². The minimum atomic E-state index is -1.05. The summed E-state index contributed by atoms with van der Waals surface area (Å²) in [6.45, 7) is 1.97. The van der Waals surface area contributed by atoms with Crippen molar-refractivity contribution in [2.75, 3.05) is 18.2 Å². The van der Waals surface area contributed by atoms with E-state index in [2.05, 4.69) is 10.3 Å². The van der Waals surface area contributed by atoms with Gasteiger partial charge in [0.05, 0.1) is 24.4 Å². The number of benzene rings is 1. The maximum absolute atomic E-state index is 10.8. The van der Waals surface area contributed by atoms with E-state index in [1.54, 1.807) is 7.11 Å². The Morgan fingerprint density at radius 1 is 1.38 bits per heavy atom. The van der Waals surface area contributed by atoms with E-state index in [1.165, 1.54) is 12.3 Å². The van der Waals surface area contributed by atoms with E-state index in [0.29, 0.717) is 11.5 Å². The molecule has 0 spiro atoms. The number of aromatic carboxylic acids is 1. The van der Waals surface area contributed by atoms with Crippen molar-refractivity contribution in [1.82, 2.24) is 4.98 Å². The summed E-state index contributed by atoms with van der Waals surface area (Å²) in [4.78, 5) is 14.9. The zero-order chi connectivity index (χ0) is 15.4. The Morgan fingerprint density at radius 2 is 2.05 bits per heavy atom. The van der Waals surface area contributed by atoms with Gasteiger partial charge in [0.1, 0.15) is 11.6 Å². The van der Waals surface area contributed by atoms with Gasteiger partial charge in [-0.05, 0) is 30.7 Å². The maximum atomic E-state index is 10.8. The molecule has 6 heteroatoms. The van der Waals surface area contributed by atoms with Crippen molar-refractivity contribution in [1.29, 1.82) is 0 Å². The number of aromatic nitrogens is 1. The second-order valence-electron chi connectivity index (χ2n) is 4.61. The molecule has 110 valence electrons. The van der Waals surface area contributed by atoms with Gasteiger partial charge in [-0.15, -0.1) is 0 Å². The highest BCUT2D eigenvalue weighted by Crippen LogP contribution is 2.24. The van der Waals surface area contributed by atoms with E-state index in [9.17, 15) is 4.79 Å². The lowest BCUT2D eigenvalue weighted by atomic mass is 10.1. The summed E-state index contributed by atoms with van der Waals surface area (Å²) < 4.78 is 5.11. The molecule has 0 aliphatic rings. The summed E-state index contributed by atoms with van der Waals surface area (Å²) >= 11 is 0. The lowest BCUT2D eigenvalue weighted by Gasteiger charge is -2.16. The molecule has 0 saturated heterocycles. The molecule has 0 fully saturated rings. The quantitative estimate of drug-likeness (QED) is 0.781. The Hall–Kier alpha value is -2.76. The number of pyridine rings is 1. The molecule has 2 rings (SSSR count). The third-order valence-electron chi connectivity index (χ3n) is 3.13. The molecule has 4 N–H and O–H groups in total. The smallest absolute Gasteiger partial charge is 0.337 e. The van der Waals surface area contributed by atoms with Crippen molar-refractivity contribution in [3.63, 3.8) is 0 Å². The molecular weight excluding hydrogens is 270 g/mol. The van der Waals surface area contributed by atoms with Crippen LogP contribution in [-0.2, 0) is 0 Å². The molecular formula is C15H17N3O3. The summed E-state index contributed by atoms with van der Waals surface area (Å²) in [7, 11) is 1.62. The van der Waals surface area contributed by atoms with Crippen molar-refractivity contribution in [3.05, 3.63) is 47.7 Å². The van der Waals surface area contributed by atoms with Crippen molar-refractivity contribution in [2.45, 2.75) is 13.0 Å². The first kappa shape index (κ1) is 14.6. The molecule has 0 radical (unpaired) electrons. The number of methoxy groups -OCH3 is 1. The monoisotopic (exact) mass is 287 g/mol. The Bertz CT molecular complexity index is 641. The van der Waals surface area contributed by atoms with Crippen molar-refractivity contribution < 1.29 is 14.6 Å². The van der Waals surface area contributed by atoms with Crippen molar-refractivity contribution in [2.24, 2.45) is 0 Å². The molecule has 0 amide bonds. The molecule has 2 aromatic rings. The summed E-state index contributed by atoms with van der Waals surface area (Å²) in [6, 6.07) is 8.99. The maximum Gasteiger partial charge on any atom is 0.337 e. The number of carboxylic acids is 1. The molecule has 0 saturated carbocycles. The molecule has 1 atom stereocenters. The molecule has 1 aromatic heterocycles. The SMILES string of the molecule is COc1ccc(C(C)Nc2ncc(C(=O)O)cc2N)cc1. The average molecular weight is 287 g/mol. The topological polar surface area (TPSA) is 97.5 Å². The third kappa shape index (κ3) is 3.42. The van der Waals surface area contributed by atoms with E-state index in [1.807, 2.05) is 31.2 Å². The average Bonchev–Trinajstić information content (AvgIpc) is 2.49. The predicted molar refractivity (Wildman–Crippen MR) is 80.6 cm³/mol. The van der Waals surface area contributed by atoms with Gasteiger partial charge in [0.15, 0.2) is 0 Å². The summed E-state index contributed by atoms with van der Waals surface area (Å²) in [5, 5.41) is 12.0. The highest BCUT2D eigenvalue weighted by Gasteiger charge is 2.11. The third-order valence-corrected chi connectivity index (χ3v) is 3.13. The number of nitrogens with two attached hydrogens (primary N) is 1. The van der Waals surface area contributed by atoms with Crippen LogP contribution in [-0.4, -0.2) is 23.2 Å². The van der Waals surface area contributed by atoms with Crippen LogP contribution in [0.1, 0.15) is 28.9 Å². The largest absolute Gasteiger partial charge is 0.497 e. The molecule has 1 aromatic carbocycles. The van der Waals surface area contributed by atoms with Crippen LogP contribution in [0, 0.1) is 0 Å². The van der Waals surface area contributed by atoms with Crippen LogP contribution in [0.15, 0.2) is 36.5 Å². The Kier molecular flexibility index (Phi) is 4.27. The zero-order valence-electron chi connectivity index (χ0n) is 11.8. The highest BCUT2D eigenvalue weighted by molar-refractivity contribution is 5.89. The number of nitrogens with one attached hydrogen (secondary N) is 1. The van der Waals surface area contributed by atoms with Crippen LogP contribution in [0.2, 0.25) is 0 Å². The molecule has 0 aliphatic carbocycles. The zero-order valence-corrected chi connectivity index (χ0v) is 11.8. The number of ether oxygens (including phenoxy) is 1. The van der Waals surface area contributed by atoms with E-state index in [4.69, 9.17) is 15.6 Å². The number of rotatable bonds is 5. The standard InChI is InChI=1S/C15H17N3O3/c1-9(10-3-5-12(21-2)6-4-10)18-14-13(16)7-11(8-17-14)15(19)20/h3-9H,16H2,1-2H3,(H,17,18)(H,19,20). The Labute approximate surface area is 122 Å². The normalized spacial score (nSPS) is 11.7. The number of nitrogens with zero attached hydrogens (tertiary/aromatic N) is 1. The van der Waals surface area contributed by atoms with Crippen LogP contribution in [0.4, 0.5) is 11.5 Å². The molecule has 0 aliphatic heterocycles. The van der Waals surface area contributed by atoms with Crippen LogP contribution in [0.3, 0.4) is 0 Å². The lowest BCUT2D eigenvalue weighted by Crippen LogP contribution is -2.11. The fraction of sp³-hybridized carbons (Fsp3) is 0.200. The number of carbonyl (C=O) groups is 1. The van der Waals surface area contributed by atoms with E-state index >= 15 is 0 Å². The van der Waals surface area contributed by atoms with Gasteiger partial charge in [-0.25, -0.2) is 9.78 Å². The van der Waals surface area contributed by atoms with Gasteiger partial charge < -0.3 is 20.9 Å². The first-order valence-corrected chi connectivity index (χ1v) is 6.40. The Morgan fingerprint density at radius 3 is 2.57 bits per heavy atom. The number of anilines is 2. The van der Waals surface area contributed by atoms with Crippen LogP contribution in [0.25, 0.3) is 0 Å². The number of carboxylic acid groups (broad SMARTS) is 1. The first-order valence-electron chi connectivity index (χ1n) is 6.40. The van der Waals surface area contributed by atoms with E-state index < -0.39 is 5.97 Å². The minimum Gasteiger partial charge on any atom is -0.497 e. The number of hydrogen-bond donors (Lipinski definition) is 3. The van der Waals surface area contributed by atoms with Crippen LogP contribution < -0.4 is 15.8 Å². The second-order valence-corrected chi connectivity index (χ2v) is 4.61. The molecule has 6 nitrogen and oxygen atoms in total. The van der Waals surface area contributed by atoms with Gasteiger partial charge in [-0.1, -0.05) is 12.1 Å². The molecule has 21 heavy (non-hydrogen) atoms. The van der Waals surface area contributed by atoms with Crippen molar-refractivity contribution >= 4 is 17.5 Å². The fourth-order valence-electron chi connectivity index (χ4n) is 1.90. The van der Waals surface area contributed by atoms with E-state index in [-0.39, 0.29) is 11.6 Å². The van der Waals surface area contributed by atoms with Gasteiger partial charge in [0.25, 0.3) is 0 Å². The van der Waals surface area contributed by atoms with Gasteiger partial charge in [-0.2, -0.15) is 0 Å². The van der Waals surface area contributed by atoms with Crippen LogP contribution >= 0.6 is 0 Å². The molecule has 0 bridgehead atoms. The van der Waals surface area contributed by atoms with Gasteiger partial charge >= 0.3 is 5.97 Å². The minimum absolute atomic E-state index is 0.0265. The second kappa shape index (κ2) is 6.13. The van der Waals surface area contributed by atoms with Gasteiger partial charge in [-0.3, -0.25) is 0 Å². The predicted octanol–water partition coefficient (Wildman–Crippen LogP) is 2.54. The summed E-state index contributed by atoms with van der Waals surface area (Å²) in [5.74, 6) is 0.196. The summed E-state index contributed by atoms with van der Waals surface area (Å²) in [6.07, 6.45) is 1.28. The number of hydrogen-bond acceptors (Lipinski definition) is 5. The first-order chi connectivity index (χ1) is 10.0. The van der Waals surface area contributed by atoms with Crippen LogP contribution in [0.5, 0.6) is 5.75 Å². The molecule has 1 heterocycles. The Balaban J connectivity index is 2.14. The van der Waals surface area contributed by atoms with Gasteiger partial charge in [0.2, 0.25) is 0 Å². The van der Waals surface area contributed by atoms with Crippen molar-refractivity contribution in [3.8, 4) is 5.75 Å². The fourth-order valence-corrected chi connectivity index (χ4v) is 1.90.